The zero-order chi connectivity index (χ0) is 12.1. The van der Waals surface area contributed by atoms with Gasteiger partial charge in [-0.2, -0.15) is 0 Å². The molecule has 2 rings (SSSR count). The minimum absolute atomic E-state index is 0.0353. The van der Waals surface area contributed by atoms with Crippen LogP contribution in [0.2, 0.25) is 0 Å². The summed E-state index contributed by atoms with van der Waals surface area (Å²) in [7, 11) is 0. The van der Waals surface area contributed by atoms with E-state index >= 15 is 0 Å². The van der Waals surface area contributed by atoms with Crippen molar-refractivity contribution in [2.24, 2.45) is 5.73 Å². The maximum Gasteiger partial charge on any atom is 0.261 e. The number of nitrogens with one attached hydrogen (secondary N) is 1. The molecule has 0 fully saturated rings. The van der Waals surface area contributed by atoms with Crippen LogP contribution < -0.4 is 11.1 Å². The minimum Gasteiger partial charge on any atom is -0.347 e. The van der Waals surface area contributed by atoms with Crippen molar-refractivity contribution in [3.8, 4) is 0 Å². The van der Waals surface area contributed by atoms with Crippen LogP contribution in [0.25, 0.3) is 0 Å². The quantitative estimate of drug-likeness (QED) is 0.868. The predicted octanol–water partition coefficient (Wildman–Crippen LogP) is 2.14. The predicted molar refractivity (Wildman–Crippen MR) is 69.8 cm³/mol. The number of hydrogen-bond donors (Lipinski definition) is 2. The van der Waals surface area contributed by atoms with Gasteiger partial charge in [0.05, 0.1) is 4.88 Å². The second-order valence-electron chi connectivity index (χ2n) is 3.63. The van der Waals surface area contributed by atoms with E-state index in [0.29, 0.717) is 13.1 Å². The molecule has 0 spiro atoms. The molecule has 3 N–H and O–H groups in total. The molecule has 0 saturated carbocycles. The van der Waals surface area contributed by atoms with E-state index in [1.165, 1.54) is 11.3 Å². The first-order valence-corrected chi connectivity index (χ1v) is 6.28. The number of amides is 1. The third-order valence-electron chi connectivity index (χ3n) is 2.52. The molecule has 0 aliphatic carbocycles. The summed E-state index contributed by atoms with van der Waals surface area (Å²) in [5.74, 6) is -0.0353. The fourth-order valence-electron chi connectivity index (χ4n) is 1.60. The summed E-state index contributed by atoms with van der Waals surface area (Å²) in [5.41, 5.74) is 7.78. The van der Waals surface area contributed by atoms with E-state index in [1.807, 2.05) is 41.8 Å². The molecule has 0 unspecified atom stereocenters. The molecular weight excluding hydrogens is 232 g/mol. The number of carbonyl (C=O) groups is 1. The molecule has 2 aromatic rings. The van der Waals surface area contributed by atoms with Gasteiger partial charge in [-0.3, -0.25) is 4.79 Å². The molecule has 88 valence electrons. The zero-order valence-electron chi connectivity index (χ0n) is 9.35. The molecular formula is C13H14N2OS. The largest absolute Gasteiger partial charge is 0.347 e. The fraction of sp³-hybridized carbons (Fsp3) is 0.154. The highest BCUT2D eigenvalue weighted by Crippen LogP contribution is 2.10. The number of thiophene rings is 1. The average Bonchev–Trinajstić information content (AvgIpc) is 2.90. The molecule has 1 heterocycles. The second kappa shape index (κ2) is 5.61. The first kappa shape index (κ1) is 11.8. The fourth-order valence-corrected chi connectivity index (χ4v) is 2.24. The van der Waals surface area contributed by atoms with Gasteiger partial charge in [0.15, 0.2) is 0 Å². The first-order valence-electron chi connectivity index (χ1n) is 5.40. The molecule has 3 nitrogen and oxygen atoms in total. The van der Waals surface area contributed by atoms with Crippen LogP contribution in [-0.4, -0.2) is 5.91 Å². The maximum absolute atomic E-state index is 11.7. The molecule has 0 atom stereocenters. The Labute approximate surface area is 104 Å². The molecule has 1 aromatic heterocycles. The number of nitrogens with two attached hydrogens (primary N) is 1. The number of carbonyl (C=O) groups excluding carboxylic acids is 1. The molecule has 4 heteroatoms. The lowest BCUT2D eigenvalue weighted by Crippen LogP contribution is -2.22. The van der Waals surface area contributed by atoms with Gasteiger partial charge in [-0.25, -0.2) is 0 Å². The van der Waals surface area contributed by atoms with Crippen molar-refractivity contribution in [2.75, 3.05) is 0 Å². The van der Waals surface area contributed by atoms with Crippen molar-refractivity contribution in [1.82, 2.24) is 5.32 Å². The van der Waals surface area contributed by atoms with E-state index in [1.54, 1.807) is 0 Å². The summed E-state index contributed by atoms with van der Waals surface area (Å²) in [6.45, 7) is 1.01. The Hall–Kier alpha value is -1.65. The monoisotopic (exact) mass is 246 g/mol. The van der Waals surface area contributed by atoms with Crippen LogP contribution in [0.1, 0.15) is 20.8 Å². The van der Waals surface area contributed by atoms with Gasteiger partial charge >= 0.3 is 0 Å². The van der Waals surface area contributed by atoms with E-state index in [0.717, 1.165) is 16.0 Å². The summed E-state index contributed by atoms with van der Waals surface area (Å²) in [6, 6.07) is 11.5. The Kier molecular flexibility index (Phi) is 3.90. The summed E-state index contributed by atoms with van der Waals surface area (Å²) in [4.78, 5) is 12.5. The highest BCUT2D eigenvalue weighted by atomic mass is 32.1. The van der Waals surface area contributed by atoms with E-state index in [2.05, 4.69) is 5.32 Å². The van der Waals surface area contributed by atoms with Crippen LogP contribution in [0.5, 0.6) is 0 Å². The van der Waals surface area contributed by atoms with Crippen molar-refractivity contribution >= 4 is 17.2 Å². The third kappa shape index (κ3) is 2.93. The smallest absolute Gasteiger partial charge is 0.261 e. The number of rotatable bonds is 4. The zero-order valence-corrected chi connectivity index (χ0v) is 10.2. The lowest BCUT2D eigenvalue weighted by atomic mass is 10.1. The lowest BCUT2D eigenvalue weighted by molar-refractivity contribution is 0.0955. The molecule has 0 bridgehead atoms. The molecule has 0 aliphatic rings. The van der Waals surface area contributed by atoms with Crippen LogP contribution in [0.15, 0.2) is 41.8 Å². The highest BCUT2D eigenvalue weighted by Gasteiger charge is 2.06. The SMILES string of the molecule is NCc1ccccc1CNC(=O)c1cccs1. The van der Waals surface area contributed by atoms with Crippen molar-refractivity contribution in [2.45, 2.75) is 13.1 Å². The summed E-state index contributed by atoms with van der Waals surface area (Å²) in [6.07, 6.45) is 0. The Morgan fingerprint density at radius 3 is 2.59 bits per heavy atom. The van der Waals surface area contributed by atoms with Crippen LogP contribution in [-0.2, 0) is 13.1 Å². The number of benzene rings is 1. The summed E-state index contributed by atoms with van der Waals surface area (Å²) >= 11 is 1.44. The Balaban J connectivity index is 2.00. The Morgan fingerprint density at radius 1 is 1.18 bits per heavy atom. The standard InChI is InChI=1S/C13H14N2OS/c14-8-10-4-1-2-5-11(10)9-15-13(16)12-6-3-7-17-12/h1-7H,8-9,14H2,(H,15,16). The summed E-state index contributed by atoms with van der Waals surface area (Å²) in [5, 5.41) is 4.78. The van der Waals surface area contributed by atoms with E-state index in [9.17, 15) is 4.79 Å². The van der Waals surface area contributed by atoms with Crippen LogP contribution in [0.4, 0.5) is 0 Å². The Morgan fingerprint density at radius 2 is 1.94 bits per heavy atom. The van der Waals surface area contributed by atoms with Gasteiger partial charge in [-0.05, 0) is 22.6 Å². The van der Waals surface area contributed by atoms with Crippen LogP contribution in [0, 0.1) is 0 Å². The third-order valence-corrected chi connectivity index (χ3v) is 3.39. The minimum atomic E-state index is -0.0353. The van der Waals surface area contributed by atoms with Gasteiger partial charge in [0.2, 0.25) is 0 Å². The Bertz CT molecular complexity index is 494. The average molecular weight is 246 g/mol. The molecule has 1 aromatic carbocycles. The van der Waals surface area contributed by atoms with Gasteiger partial charge in [-0.15, -0.1) is 11.3 Å². The molecule has 1 amide bonds. The van der Waals surface area contributed by atoms with E-state index < -0.39 is 0 Å². The maximum atomic E-state index is 11.7. The summed E-state index contributed by atoms with van der Waals surface area (Å²) < 4.78 is 0. The van der Waals surface area contributed by atoms with Gasteiger partial charge in [0.1, 0.15) is 0 Å². The highest BCUT2D eigenvalue weighted by molar-refractivity contribution is 7.12. The second-order valence-corrected chi connectivity index (χ2v) is 4.58. The topological polar surface area (TPSA) is 55.1 Å². The van der Waals surface area contributed by atoms with E-state index in [4.69, 9.17) is 5.73 Å². The first-order chi connectivity index (χ1) is 8.31. The van der Waals surface area contributed by atoms with Crippen molar-refractivity contribution in [3.05, 3.63) is 57.8 Å². The lowest BCUT2D eigenvalue weighted by Gasteiger charge is -2.08. The van der Waals surface area contributed by atoms with E-state index in [-0.39, 0.29) is 5.91 Å². The van der Waals surface area contributed by atoms with Gasteiger partial charge in [-0.1, -0.05) is 30.3 Å². The molecule has 0 radical (unpaired) electrons. The van der Waals surface area contributed by atoms with Gasteiger partial charge in [0.25, 0.3) is 5.91 Å². The number of hydrogen-bond acceptors (Lipinski definition) is 3. The molecule has 0 saturated heterocycles. The van der Waals surface area contributed by atoms with Gasteiger partial charge < -0.3 is 11.1 Å². The van der Waals surface area contributed by atoms with Crippen molar-refractivity contribution < 1.29 is 4.79 Å². The normalized spacial score (nSPS) is 10.2. The van der Waals surface area contributed by atoms with Crippen molar-refractivity contribution in [3.63, 3.8) is 0 Å². The van der Waals surface area contributed by atoms with Crippen molar-refractivity contribution in [1.29, 1.82) is 0 Å². The van der Waals surface area contributed by atoms with Crippen LogP contribution >= 0.6 is 11.3 Å². The van der Waals surface area contributed by atoms with Crippen LogP contribution in [0.3, 0.4) is 0 Å². The van der Waals surface area contributed by atoms with Gasteiger partial charge in [0, 0.05) is 13.1 Å². The molecule has 0 aliphatic heterocycles. The molecule has 17 heavy (non-hydrogen) atoms.